The highest BCUT2D eigenvalue weighted by molar-refractivity contribution is 7.89. The van der Waals surface area contributed by atoms with E-state index in [4.69, 9.17) is 4.74 Å². The molecule has 29 heavy (non-hydrogen) atoms. The lowest BCUT2D eigenvalue weighted by atomic mass is 10.0. The van der Waals surface area contributed by atoms with Gasteiger partial charge in [0.25, 0.3) is 5.91 Å². The van der Waals surface area contributed by atoms with Crippen molar-refractivity contribution in [3.63, 3.8) is 0 Å². The molecule has 1 N–H and O–H groups in total. The van der Waals surface area contributed by atoms with Crippen LogP contribution in [0.5, 0.6) is 5.75 Å². The first-order valence-electron chi connectivity index (χ1n) is 9.52. The van der Waals surface area contributed by atoms with Gasteiger partial charge in [-0.1, -0.05) is 6.42 Å². The Morgan fingerprint density at radius 3 is 2.28 bits per heavy atom. The number of rotatable bonds is 5. The van der Waals surface area contributed by atoms with Crippen molar-refractivity contribution in [2.45, 2.75) is 50.1 Å². The summed E-state index contributed by atoms with van der Waals surface area (Å²) in [7, 11) is -2.27. The van der Waals surface area contributed by atoms with Crippen LogP contribution in [0.25, 0.3) is 0 Å². The molecule has 0 aliphatic carbocycles. The summed E-state index contributed by atoms with van der Waals surface area (Å²) in [6.45, 7) is 3.85. The van der Waals surface area contributed by atoms with Crippen LogP contribution < -0.4 is 10.1 Å². The van der Waals surface area contributed by atoms with Crippen LogP contribution in [0.3, 0.4) is 0 Å². The molecule has 1 aliphatic rings. The van der Waals surface area contributed by atoms with Gasteiger partial charge < -0.3 is 10.1 Å². The molecule has 0 radical (unpaired) electrons. The normalized spacial score (nSPS) is 20.3. The minimum absolute atomic E-state index is 0.0481. The number of methoxy groups -OCH3 is 1. The SMILES string of the molecule is COc1ccc(C(=O)Nc2ccc(S(=O)(=O)N3C(C)CCCC3C)cc2)cc1F. The average Bonchev–Trinajstić information content (AvgIpc) is 2.68. The lowest BCUT2D eigenvalue weighted by Gasteiger charge is -2.37. The summed E-state index contributed by atoms with van der Waals surface area (Å²) in [5.41, 5.74) is 0.556. The predicted octanol–water partition coefficient (Wildman–Crippen LogP) is 4.04. The van der Waals surface area contributed by atoms with Gasteiger partial charge in [-0.05, 0) is 69.2 Å². The lowest BCUT2D eigenvalue weighted by molar-refractivity contribution is 0.102. The van der Waals surface area contributed by atoms with Crippen LogP contribution >= 0.6 is 0 Å². The number of nitrogens with zero attached hydrogens (tertiary/aromatic N) is 1. The molecular formula is C21H25FN2O4S. The van der Waals surface area contributed by atoms with Gasteiger partial charge in [0.05, 0.1) is 12.0 Å². The van der Waals surface area contributed by atoms with Gasteiger partial charge in [0.15, 0.2) is 11.6 Å². The molecule has 2 aromatic carbocycles. The van der Waals surface area contributed by atoms with Crippen LogP contribution in [0.2, 0.25) is 0 Å². The van der Waals surface area contributed by atoms with E-state index >= 15 is 0 Å². The molecule has 1 heterocycles. The zero-order valence-corrected chi connectivity index (χ0v) is 17.5. The number of halogens is 1. The number of nitrogens with one attached hydrogen (secondary N) is 1. The number of carbonyl (C=O) groups excluding carboxylic acids is 1. The molecule has 0 spiro atoms. The maximum Gasteiger partial charge on any atom is 0.255 e. The van der Waals surface area contributed by atoms with Gasteiger partial charge in [0.2, 0.25) is 10.0 Å². The van der Waals surface area contributed by atoms with E-state index in [1.54, 1.807) is 4.31 Å². The van der Waals surface area contributed by atoms with Crippen molar-refractivity contribution < 1.29 is 22.3 Å². The summed E-state index contributed by atoms with van der Waals surface area (Å²) in [5, 5.41) is 2.64. The fourth-order valence-electron chi connectivity index (χ4n) is 3.71. The third-order valence-corrected chi connectivity index (χ3v) is 7.36. The Hall–Kier alpha value is -2.45. The molecule has 156 valence electrons. The fourth-order valence-corrected chi connectivity index (χ4v) is 5.60. The Balaban J connectivity index is 1.76. The number of piperidine rings is 1. The number of sulfonamides is 1. The topological polar surface area (TPSA) is 75.7 Å². The molecule has 0 saturated carbocycles. The molecule has 8 heteroatoms. The number of ether oxygens (including phenoxy) is 1. The first-order chi connectivity index (χ1) is 13.7. The average molecular weight is 421 g/mol. The van der Waals surface area contributed by atoms with Crippen LogP contribution in [-0.4, -0.2) is 37.8 Å². The first-order valence-corrected chi connectivity index (χ1v) is 11.0. The van der Waals surface area contributed by atoms with Crippen molar-refractivity contribution in [1.29, 1.82) is 0 Å². The Kier molecular flexibility index (Phi) is 6.24. The summed E-state index contributed by atoms with van der Waals surface area (Å²) < 4.78 is 46.3. The van der Waals surface area contributed by atoms with E-state index in [1.807, 2.05) is 13.8 Å². The summed E-state index contributed by atoms with van der Waals surface area (Å²) >= 11 is 0. The summed E-state index contributed by atoms with van der Waals surface area (Å²) in [6.07, 6.45) is 2.71. The van der Waals surface area contributed by atoms with E-state index in [0.717, 1.165) is 25.3 Å². The summed E-state index contributed by atoms with van der Waals surface area (Å²) in [6, 6.07) is 9.85. The number of anilines is 1. The molecule has 0 bridgehead atoms. The van der Waals surface area contributed by atoms with Gasteiger partial charge in [-0.3, -0.25) is 4.79 Å². The van der Waals surface area contributed by atoms with Gasteiger partial charge >= 0.3 is 0 Å². The second-order valence-electron chi connectivity index (χ2n) is 7.29. The van der Waals surface area contributed by atoms with Gasteiger partial charge in [-0.2, -0.15) is 4.31 Å². The van der Waals surface area contributed by atoms with Crippen molar-refractivity contribution in [3.05, 3.63) is 53.8 Å². The first kappa shape index (κ1) is 21.3. The van der Waals surface area contributed by atoms with Crippen molar-refractivity contribution in [2.24, 2.45) is 0 Å². The Bertz CT molecular complexity index is 982. The Labute approximate surface area is 170 Å². The number of hydrogen-bond acceptors (Lipinski definition) is 4. The molecule has 1 fully saturated rings. The van der Waals surface area contributed by atoms with Crippen molar-refractivity contribution >= 4 is 21.6 Å². The molecule has 2 aromatic rings. The monoisotopic (exact) mass is 420 g/mol. The van der Waals surface area contributed by atoms with E-state index in [0.29, 0.717) is 5.69 Å². The molecule has 2 atom stereocenters. The highest BCUT2D eigenvalue weighted by atomic mass is 32.2. The highest BCUT2D eigenvalue weighted by Crippen LogP contribution is 2.30. The van der Waals surface area contributed by atoms with Crippen LogP contribution in [-0.2, 0) is 10.0 Å². The van der Waals surface area contributed by atoms with E-state index < -0.39 is 21.7 Å². The number of carbonyl (C=O) groups is 1. The van der Waals surface area contributed by atoms with Gasteiger partial charge in [-0.25, -0.2) is 12.8 Å². The minimum Gasteiger partial charge on any atom is -0.494 e. The zero-order chi connectivity index (χ0) is 21.2. The molecule has 3 rings (SSSR count). The molecule has 1 aliphatic heterocycles. The van der Waals surface area contributed by atoms with Crippen molar-refractivity contribution in [1.82, 2.24) is 4.31 Å². The van der Waals surface area contributed by atoms with Crippen molar-refractivity contribution in [2.75, 3.05) is 12.4 Å². The molecule has 0 aromatic heterocycles. The minimum atomic E-state index is -3.61. The van der Waals surface area contributed by atoms with Crippen LogP contribution in [0.4, 0.5) is 10.1 Å². The molecule has 6 nitrogen and oxygen atoms in total. The van der Waals surface area contributed by atoms with E-state index in [2.05, 4.69) is 5.32 Å². The summed E-state index contributed by atoms with van der Waals surface area (Å²) in [5.74, 6) is -1.08. The fraction of sp³-hybridized carbons (Fsp3) is 0.381. The van der Waals surface area contributed by atoms with Crippen molar-refractivity contribution in [3.8, 4) is 5.75 Å². The Morgan fingerprint density at radius 2 is 1.72 bits per heavy atom. The lowest BCUT2D eigenvalue weighted by Crippen LogP contribution is -2.47. The predicted molar refractivity (Wildman–Crippen MR) is 109 cm³/mol. The van der Waals surface area contributed by atoms with Gasteiger partial charge in [0, 0.05) is 23.3 Å². The van der Waals surface area contributed by atoms with E-state index in [1.165, 1.54) is 43.5 Å². The maximum atomic E-state index is 13.8. The standard InChI is InChI=1S/C21H25FN2O4S/c1-14-5-4-6-15(2)24(14)29(26,27)18-10-8-17(9-11-18)23-21(25)16-7-12-20(28-3)19(22)13-16/h7-15H,4-6H2,1-3H3,(H,23,25). The number of hydrogen-bond donors (Lipinski definition) is 1. The van der Waals surface area contributed by atoms with Crippen LogP contribution in [0, 0.1) is 5.82 Å². The summed E-state index contributed by atoms with van der Waals surface area (Å²) in [4.78, 5) is 12.5. The molecular weight excluding hydrogens is 395 g/mol. The molecule has 1 amide bonds. The quantitative estimate of drug-likeness (QED) is 0.792. The molecule has 1 saturated heterocycles. The third-order valence-electron chi connectivity index (χ3n) is 5.21. The zero-order valence-electron chi connectivity index (χ0n) is 16.7. The highest BCUT2D eigenvalue weighted by Gasteiger charge is 2.35. The molecule has 2 unspecified atom stereocenters. The third kappa shape index (κ3) is 4.43. The largest absolute Gasteiger partial charge is 0.494 e. The van der Waals surface area contributed by atoms with Gasteiger partial charge in [0.1, 0.15) is 0 Å². The Morgan fingerprint density at radius 1 is 1.10 bits per heavy atom. The number of amides is 1. The van der Waals surface area contributed by atoms with E-state index in [-0.39, 0.29) is 28.3 Å². The second kappa shape index (κ2) is 8.51. The van der Waals surface area contributed by atoms with Crippen LogP contribution in [0.1, 0.15) is 43.5 Å². The number of benzene rings is 2. The smallest absolute Gasteiger partial charge is 0.255 e. The van der Waals surface area contributed by atoms with Crippen LogP contribution in [0.15, 0.2) is 47.4 Å². The second-order valence-corrected chi connectivity index (χ2v) is 9.13. The van der Waals surface area contributed by atoms with E-state index in [9.17, 15) is 17.6 Å². The van der Waals surface area contributed by atoms with Gasteiger partial charge in [-0.15, -0.1) is 0 Å². The maximum absolute atomic E-state index is 13.8.